The molecular formula is C33H32N6O2S. The quantitative estimate of drug-likeness (QED) is 0.188. The van der Waals surface area contributed by atoms with Crippen molar-refractivity contribution < 1.29 is 8.42 Å². The molecule has 0 spiro atoms. The van der Waals surface area contributed by atoms with E-state index in [1.807, 2.05) is 68.4 Å². The minimum absolute atomic E-state index is 0.177. The van der Waals surface area contributed by atoms with Crippen LogP contribution < -0.4 is 10.1 Å². The number of nitrogens with zero attached hydrogens (tertiary/aromatic N) is 4. The number of sulfonamides is 1. The molecule has 0 amide bonds. The molecular weight excluding hydrogens is 544 g/mol. The number of fused-ring (bicyclic) bond motifs is 4. The van der Waals surface area contributed by atoms with Gasteiger partial charge >= 0.3 is 0 Å². The Labute approximate surface area is 244 Å². The summed E-state index contributed by atoms with van der Waals surface area (Å²) in [6.45, 7) is 4.69. The second-order valence-electron chi connectivity index (χ2n) is 11.2. The SMILES string of the molecule is Cn1c2ccccc2c(=NCC(C)(C)CNS(=O)(=O)c2ccc(N=Nc3ccccc3)cc2)c2c3ccccc3[nH]c21. The fourth-order valence-corrected chi connectivity index (χ4v) is 6.27. The van der Waals surface area contributed by atoms with Gasteiger partial charge in [-0.25, -0.2) is 13.1 Å². The second-order valence-corrected chi connectivity index (χ2v) is 12.9. The highest BCUT2D eigenvalue weighted by Crippen LogP contribution is 2.26. The Morgan fingerprint density at radius 2 is 1.40 bits per heavy atom. The molecule has 42 heavy (non-hydrogen) atoms. The number of hydrogen-bond donors (Lipinski definition) is 2. The zero-order chi connectivity index (χ0) is 29.3. The highest BCUT2D eigenvalue weighted by atomic mass is 32.2. The van der Waals surface area contributed by atoms with E-state index in [9.17, 15) is 8.42 Å². The minimum atomic E-state index is -3.73. The lowest BCUT2D eigenvalue weighted by molar-refractivity contribution is 0.374. The van der Waals surface area contributed by atoms with Gasteiger partial charge in [0.05, 0.1) is 32.5 Å². The highest BCUT2D eigenvalue weighted by Gasteiger charge is 2.23. The summed E-state index contributed by atoms with van der Waals surface area (Å²) in [5.41, 5.74) is 3.97. The van der Waals surface area contributed by atoms with Crippen LogP contribution in [-0.4, -0.2) is 31.1 Å². The predicted molar refractivity (Wildman–Crippen MR) is 169 cm³/mol. The summed E-state index contributed by atoms with van der Waals surface area (Å²) in [6.07, 6.45) is 0. The van der Waals surface area contributed by atoms with Crippen LogP contribution in [0.3, 0.4) is 0 Å². The van der Waals surface area contributed by atoms with Crippen LogP contribution in [0.4, 0.5) is 11.4 Å². The molecule has 8 nitrogen and oxygen atoms in total. The summed E-state index contributed by atoms with van der Waals surface area (Å²) in [5.74, 6) is 0. The van der Waals surface area contributed by atoms with Crippen LogP contribution in [0.5, 0.6) is 0 Å². The van der Waals surface area contributed by atoms with E-state index in [1.54, 1.807) is 24.3 Å². The van der Waals surface area contributed by atoms with Crippen molar-refractivity contribution in [3.63, 3.8) is 0 Å². The van der Waals surface area contributed by atoms with Crippen molar-refractivity contribution in [1.29, 1.82) is 0 Å². The van der Waals surface area contributed by atoms with Gasteiger partial charge in [-0.1, -0.05) is 68.4 Å². The molecule has 0 aliphatic rings. The largest absolute Gasteiger partial charge is 0.341 e. The van der Waals surface area contributed by atoms with Crippen LogP contribution in [0.25, 0.3) is 32.8 Å². The molecule has 4 aromatic carbocycles. The van der Waals surface area contributed by atoms with E-state index in [0.29, 0.717) is 12.2 Å². The maximum Gasteiger partial charge on any atom is 0.240 e. The molecule has 2 heterocycles. The van der Waals surface area contributed by atoms with E-state index in [-0.39, 0.29) is 11.4 Å². The summed E-state index contributed by atoms with van der Waals surface area (Å²) in [5, 5.41) is 12.5. The van der Waals surface area contributed by atoms with Crippen molar-refractivity contribution in [2.75, 3.05) is 13.1 Å². The van der Waals surface area contributed by atoms with Gasteiger partial charge in [0.25, 0.3) is 0 Å². The van der Waals surface area contributed by atoms with Crippen LogP contribution in [0.15, 0.2) is 123 Å². The molecule has 6 rings (SSSR count). The van der Waals surface area contributed by atoms with E-state index in [0.717, 1.165) is 43.9 Å². The molecule has 0 bridgehead atoms. The Bertz CT molecular complexity index is 2110. The van der Waals surface area contributed by atoms with E-state index in [4.69, 9.17) is 4.99 Å². The van der Waals surface area contributed by atoms with Gasteiger partial charge in [-0.3, -0.25) is 4.99 Å². The summed E-state index contributed by atoms with van der Waals surface area (Å²) in [4.78, 5) is 8.87. The molecule has 0 aliphatic heterocycles. The molecule has 6 aromatic rings. The summed E-state index contributed by atoms with van der Waals surface area (Å²) < 4.78 is 31.2. The van der Waals surface area contributed by atoms with Gasteiger partial charge in [0, 0.05) is 36.4 Å². The number of benzene rings is 4. The molecule has 2 N–H and O–H groups in total. The molecule has 0 radical (unpaired) electrons. The van der Waals surface area contributed by atoms with Crippen molar-refractivity contribution in [2.24, 2.45) is 27.7 Å². The number of aromatic nitrogens is 2. The van der Waals surface area contributed by atoms with Crippen LogP contribution in [0.2, 0.25) is 0 Å². The third kappa shape index (κ3) is 5.48. The van der Waals surface area contributed by atoms with Gasteiger partial charge < -0.3 is 9.55 Å². The van der Waals surface area contributed by atoms with Crippen LogP contribution >= 0.6 is 0 Å². The van der Waals surface area contributed by atoms with E-state index >= 15 is 0 Å². The molecule has 0 saturated heterocycles. The number of pyridine rings is 1. The Morgan fingerprint density at radius 1 is 0.786 bits per heavy atom. The lowest BCUT2D eigenvalue weighted by Crippen LogP contribution is -2.36. The van der Waals surface area contributed by atoms with Gasteiger partial charge in [-0.05, 0) is 53.9 Å². The maximum atomic E-state index is 13.1. The monoisotopic (exact) mass is 576 g/mol. The summed E-state index contributed by atoms with van der Waals surface area (Å²) in [6, 6.07) is 32.2. The van der Waals surface area contributed by atoms with Crippen LogP contribution in [0.1, 0.15) is 13.8 Å². The van der Waals surface area contributed by atoms with E-state index in [2.05, 4.69) is 55.8 Å². The Balaban J connectivity index is 1.25. The number of aryl methyl sites for hydroxylation is 1. The van der Waals surface area contributed by atoms with Crippen molar-refractivity contribution in [2.45, 2.75) is 18.7 Å². The molecule has 0 aliphatic carbocycles. The first kappa shape index (κ1) is 27.6. The lowest BCUT2D eigenvalue weighted by Gasteiger charge is -2.23. The summed E-state index contributed by atoms with van der Waals surface area (Å²) in [7, 11) is -1.67. The van der Waals surface area contributed by atoms with Crippen molar-refractivity contribution in [3.8, 4) is 0 Å². The third-order valence-corrected chi connectivity index (χ3v) is 8.79. The molecule has 0 saturated carbocycles. The van der Waals surface area contributed by atoms with Gasteiger partial charge in [-0.2, -0.15) is 10.2 Å². The first-order valence-electron chi connectivity index (χ1n) is 13.8. The number of nitrogens with one attached hydrogen (secondary N) is 2. The first-order chi connectivity index (χ1) is 20.2. The van der Waals surface area contributed by atoms with Gasteiger partial charge in [-0.15, -0.1) is 0 Å². The third-order valence-electron chi connectivity index (χ3n) is 7.37. The Kier molecular flexibility index (Phi) is 7.22. The van der Waals surface area contributed by atoms with Crippen molar-refractivity contribution >= 4 is 54.2 Å². The number of azo groups is 1. The Morgan fingerprint density at radius 3 is 2.14 bits per heavy atom. The van der Waals surface area contributed by atoms with Crippen molar-refractivity contribution in [1.82, 2.24) is 14.3 Å². The number of hydrogen-bond acceptors (Lipinski definition) is 5. The maximum absolute atomic E-state index is 13.1. The first-order valence-corrected chi connectivity index (χ1v) is 15.3. The highest BCUT2D eigenvalue weighted by molar-refractivity contribution is 7.89. The fraction of sp³-hybridized carbons (Fsp3) is 0.182. The number of aromatic amines is 1. The van der Waals surface area contributed by atoms with E-state index in [1.165, 1.54) is 0 Å². The summed E-state index contributed by atoms with van der Waals surface area (Å²) >= 11 is 0. The lowest BCUT2D eigenvalue weighted by atomic mass is 9.94. The number of H-pyrrole nitrogens is 1. The molecule has 212 valence electrons. The number of para-hydroxylation sites is 2. The second kappa shape index (κ2) is 11.0. The zero-order valence-electron chi connectivity index (χ0n) is 23.7. The smallest absolute Gasteiger partial charge is 0.240 e. The molecule has 2 aromatic heterocycles. The van der Waals surface area contributed by atoms with Gasteiger partial charge in [0.1, 0.15) is 5.65 Å². The molecule has 0 atom stereocenters. The van der Waals surface area contributed by atoms with Crippen molar-refractivity contribution in [3.05, 3.63) is 108 Å². The topological polar surface area (TPSA) is 104 Å². The fourth-order valence-electron chi connectivity index (χ4n) is 5.03. The molecule has 0 unspecified atom stereocenters. The predicted octanol–water partition coefficient (Wildman–Crippen LogP) is 7.13. The van der Waals surface area contributed by atoms with Crippen LogP contribution in [-0.2, 0) is 17.1 Å². The molecule has 0 fully saturated rings. The van der Waals surface area contributed by atoms with Gasteiger partial charge in [0.15, 0.2) is 0 Å². The average molecular weight is 577 g/mol. The van der Waals surface area contributed by atoms with Gasteiger partial charge in [0.2, 0.25) is 10.0 Å². The zero-order valence-corrected chi connectivity index (χ0v) is 24.6. The van der Waals surface area contributed by atoms with Crippen LogP contribution in [0, 0.1) is 5.41 Å². The number of rotatable bonds is 8. The standard InChI is InChI=1S/C33H32N6O2S/c1-33(2,22-35-42(40,41)25-19-17-24(18-20-25)38-37-23-11-5-4-6-12-23)21-34-31-27-14-8-10-16-29(27)39(3)32-30(31)26-13-7-9-15-28(26)36-32/h4-20,35-36H,21-22H2,1-3H3. The normalized spacial score (nSPS) is 13.2. The molecule has 9 heteroatoms. The average Bonchev–Trinajstić information content (AvgIpc) is 3.40. The minimum Gasteiger partial charge on any atom is -0.341 e. The Hall–Kier alpha value is -4.60. The van der Waals surface area contributed by atoms with E-state index < -0.39 is 15.4 Å².